The molecule has 1 fully saturated rings. The van der Waals surface area contributed by atoms with Crippen LogP contribution in [0.3, 0.4) is 0 Å². The zero-order chi connectivity index (χ0) is 17.8. The van der Waals surface area contributed by atoms with Gasteiger partial charge in [-0.05, 0) is 44.0 Å². The summed E-state index contributed by atoms with van der Waals surface area (Å²) in [5.74, 6) is -0.0942. The summed E-state index contributed by atoms with van der Waals surface area (Å²) >= 11 is 6.15. The van der Waals surface area contributed by atoms with Gasteiger partial charge in [0.15, 0.2) is 0 Å². The largest absolute Gasteiger partial charge is 0.489 e. The summed E-state index contributed by atoms with van der Waals surface area (Å²) in [6.07, 6.45) is 5.55. The van der Waals surface area contributed by atoms with Crippen LogP contribution in [-0.2, 0) is 17.9 Å². The quantitative estimate of drug-likeness (QED) is 0.776. The molecular weight excluding hydrogens is 340 g/mol. The van der Waals surface area contributed by atoms with E-state index in [1.807, 2.05) is 29.2 Å². The second kappa shape index (κ2) is 7.85. The Labute approximate surface area is 152 Å². The van der Waals surface area contributed by atoms with Crippen LogP contribution >= 0.6 is 11.6 Å². The minimum atomic E-state index is -0.813. The molecule has 6 heteroatoms. The van der Waals surface area contributed by atoms with Crippen LogP contribution in [-0.4, -0.2) is 33.0 Å². The number of carboxylic acids is 1. The highest BCUT2D eigenvalue weighted by atomic mass is 35.5. The standard InChI is InChI=1S/C19H21ClN2O3/c1-13(19(23)24)22(17-5-6-17)11-15-9-16(20)4-7-18(15)25-12-14-3-2-8-21-10-14/h2-4,7-10,13,17H,5-6,11-12H2,1H3,(H,23,24). The molecule has 1 atom stereocenters. The third kappa shape index (κ3) is 4.71. The molecule has 0 radical (unpaired) electrons. The molecule has 0 saturated heterocycles. The van der Waals surface area contributed by atoms with E-state index in [0.717, 1.165) is 29.7 Å². The third-order valence-electron chi connectivity index (χ3n) is 4.36. The number of aromatic nitrogens is 1. The van der Waals surface area contributed by atoms with Gasteiger partial charge < -0.3 is 9.84 Å². The fourth-order valence-electron chi connectivity index (χ4n) is 2.78. The second-order valence-corrected chi connectivity index (χ2v) is 6.76. The Morgan fingerprint density at radius 3 is 2.88 bits per heavy atom. The number of ether oxygens (including phenoxy) is 1. The predicted molar refractivity (Wildman–Crippen MR) is 95.7 cm³/mol. The number of halogens is 1. The minimum Gasteiger partial charge on any atom is -0.489 e. The zero-order valence-corrected chi connectivity index (χ0v) is 14.8. The van der Waals surface area contributed by atoms with Crippen LogP contribution in [0.2, 0.25) is 5.02 Å². The first kappa shape index (κ1) is 17.7. The van der Waals surface area contributed by atoms with Crippen molar-refractivity contribution in [3.05, 3.63) is 58.9 Å². The molecule has 0 amide bonds. The van der Waals surface area contributed by atoms with Gasteiger partial charge in [0.2, 0.25) is 0 Å². The molecule has 1 saturated carbocycles. The highest BCUT2D eigenvalue weighted by Gasteiger charge is 2.35. The first-order valence-corrected chi connectivity index (χ1v) is 8.71. The van der Waals surface area contributed by atoms with Crippen LogP contribution < -0.4 is 4.74 Å². The van der Waals surface area contributed by atoms with Crippen molar-refractivity contribution in [1.29, 1.82) is 0 Å². The van der Waals surface area contributed by atoms with E-state index in [4.69, 9.17) is 16.3 Å². The molecule has 0 bridgehead atoms. The van der Waals surface area contributed by atoms with Gasteiger partial charge in [0.05, 0.1) is 0 Å². The Morgan fingerprint density at radius 2 is 2.24 bits per heavy atom. The lowest BCUT2D eigenvalue weighted by Crippen LogP contribution is -2.40. The fraction of sp³-hybridized carbons (Fsp3) is 0.368. The van der Waals surface area contributed by atoms with Gasteiger partial charge in [0.1, 0.15) is 18.4 Å². The summed E-state index contributed by atoms with van der Waals surface area (Å²) in [4.78, 5) is 17.5. The van der Waals surface area contributed by atoms with Crippen molar-refractivity contribution in [3.8, 4) is 5.75 Å². The molecule has 2 aromatic rings. The molecule has 1 unspecified atom stereocenters. The van der Waals surface area contributed by atoms with E-state index in [-0.39, 0.29) is 0 Å². The fourth-order valence-corrected chi connectivity index (χ4v) is 2.98. The van der Waals surface area contributed by atoms with E-state index >= 15 is 0 Å². The van der Waals surface area contributed by atoms with E-state index in [9.17, 15) is 9.90 Å². The summed E-state index contributed by atoms with van der Waals surface area (Å²) in [6, 6.07) is 9.06. The average Bonchev–Trinajstić information content (AvgIpc) is 3.44. The van der Waals surface area contributed by atoms with Gasteiger partial charge in [0.25, 0.3) is 0 Å². The first-order valence-electron chi connectivity index (χ1n) is 8.33. The van der Waals surface area contributed by atoms with Crippen molar-refractivity contribution in [2.24, 2.45) is 0 Å². The maximum absolute atomic E-state index is 11.4. The van der Waals surface area contributed by atoms with Gasteiger partial charge in [0, 0.05) is 41.1 Å². The van der Waals surface area contributed by atoms with Crippen LogP contribution in [0, 0.1) is 0 Å². The molecule has 1 aromatic heterocycles. The maximum Gasteiger partial charge on any atom is 0.320 e. The molecular formula is C19H21ClN2O3. The van der Waals surface area contributed by atoms with Crippen molar-refractivity contribution in [3.63, 3.8) is 0 Å². The van der Waals surface area contributed by atoms with Crippen molar-refractivity contribution >= 4 is 17.6 Å². The van der Waals surface area contributed by atoms with Gasteiger partial charge in [-0.25, -0.2) is 0 Å². The van der Waals surface area contributed by atoms with Crippen LogP contribution in [0.5, 0.6) is 5.75 Å². The average molecular weight is 361 g/mol. The van der Waals surface area contributed by atoms with Crippen LogP contribution in [0.4, 0.5) is 0 Å². The first-order chi connectivity index (χ1) is 12.0. The summed E-state index contributed by atoms with van der Waals surface area (Å²) < 4.78 is 5.95. The highest BCUT2D eigenvalue weighted by Crippen LogP contribution is 2.33. The Hall–Kier alpha value is -2.11. The molecule has 1 aliphatic carbocycles. The van der Waals surface area contributed by atoms with Crippen molar-refractivity contribution < 1.29 is 14.6 Å². The molecule has 5 nitrogen and oxygen atoms in total. The van der Waals surface area contributed by atoms with Crippen molar-refractivity contribution in [2.45, 2.75) is 45.0 Å². The Bertz CT molecular complexity index is 735. The number of benzene rings is 1. The second-order valence-electron chi connectivity index (χ2n) is 6.32. The maximum atomic E-state index is 11.4. The van der Waals surface area contributed by atoms with Gasteiger partial charge >= 0.3 is 5.97 Å². The number of pyridine rings is 1. The Morgan fingerprint density at radius 1 is 1.44 bits per heavy atom. The molecule has 1 aromatic carbocycles. The third-order valence-corrected chi connectivity index (χ3v) is 4.60. The van der Waals surface area contributed by atoms with E-state index < -0.39 is 12.0 Å². The van der Waals surface area contributed by atoms with Gasteiger partial charge in [-0.3, -0.25) is 14.7 Å². The van der Waals surface area contributed by atoms with Crippen LogP contribution in [0.25, 0.3) is 0 Å². The summed E-state index contributed by atoms with van der Waals surface area (Å²) in [6.45, 7) is 2.63. The molecule has 25 heavy (non-hydrogen) atoms. The Balaban J connectivity index is 1.77. The lowest BCUT2D eigenvalue weighted by Gasteiger charge is -2.27. The lowest BCUT2D eigenvalue weighted by molar-refractivity contribution is -0.143. The summed E-state index contributed by atoms with van der Waals surface area (Å²) in [5, 5.41) is 9.99. The monoisotopic (exact) mass is 360 g/mol. The lowest BCUT2D eigenvalue weighted by atomic mass is 10.1. The smallest absolute Gasteiger partial charge is 0.320 e. The van der Waals surface area contributed by atoms with Crippen LogP contribution in [0.15, 0.2) is 42.7 Å². The molecule has 3 rings (SSSR count). The molecule has 1 aliphatic rings. The number of nitrogens with zero attached hydrogens (tertiary/aromatic N) is 2. The van der Waals surface area contributed by atoms with Crippen molar-refractivity contribution in [2.75, 3.05) is 0 Å². The van der Waals surface area contributed by atoms with Gasteiger partial charge in [-0.2, -0.15) is 0 Å². The summed E-state index contributed by atoms with van der Waals surface area (Å²) in [5.41, 5.74) is 1.87. The zero-order valence-electron chi connectivity index (χ0n) is 14.1. The van der Waals surface area contributed by atoms with Crippen molar-refractivity contribution in [1.82, 2.24) is 9.88 Å². The topological polar surface area (TPSA) is 62.7 Å². The highest BCUT2D eigenvalue weighted by molar-refractivity contribution is 6.30. The normalized spacial score (nSPS) is 15.2. The molecule has 0 aliphatic heterocycles. The number of carbonyl (C=O) groups is 1. The molecule has 1 heterocycles. The van der Waals surface area contributed by atoms with E-state index in [1.54, 1.807) is 25.4 Å². The SMILES string of the molecule is CC(C(=O)O)N(Cc1cc(Cl)ccc1OCc1cccnc1)C1CC1. The number of hydrogen-bond donors (Lipinski definition) is 1. The van der Waals surface area contributed by atoms with Crippen LogP contribution in [0.1, 0.15) is 30.9 Å². The van der Waals surface area contributed by atoms with E-state index in [2.05, 4.69) is 4.98 Å². The number of rotatable bonds is 8. The summed E-state index contributed by atoms with van der Waals surface area (Å²) in [7, 11) is 0. The molecule has 132 valence electrons. The van der Waals surface area contributed by atoms with E-state index in [1.165, 1.54) is 0 Å². The van der Waals surface area contributed by atoms with Gasteiger partial charge in [-0.15, -0.1) is 0 Å². The number of carboxylic acid groups (broad SMARTS) is 1. The minimum absolute atomic E-state index is 0.316. The number of aliphatic carboxylic acids is 1. The predicted octanol–water partition coefficient (Wildman–Crippen LogP) is 3.75. The van der Waals surface area contributed by atoms with Gasteiger partial charge in [-0.1, -0.05) is 17.7 Å². The molecule has 0 spiro atoms. The van der Waals surface area contributed by atoms with E-state index in [0.29, 0.717) is 24.2 Å². The Kier molecular flexibility index (Phi) is 5.56. The number of hydrogen-bond acceptors (Lipinski definition) is 4. The molecule has 1 N–H and O–H groups in total.